The van der Waals surface area contributed by atoms with Gasteiger partial charge in [-0.25, -0.2) is 9.59 Å². The molecule has 17 heteroatoms. The van der Waals surface area contributed by atoms with Crippen LogP contribution >= 0.6 is 15.9 Å². The van der Waals surface area contributed by atoms with Crippen LogP contribution in [0.1, 0.15) is 6.92 Å². The minimum Gasteiger partial charge on any atom is -0.494 e. The van der Waals surface area contributed by atoms with E-state index >= 15 is 0 Å². The fourth-order valence-corrected chi connectivity index (χ4v) is 3.86. The normalized spacial score (nSPS) is 10.5. The molecule has 0 radical (unpaired) electrons. The molecule has 0 bridgehead atoms. The fraction of sp³-hybridized carbons (Fsp3) is 0.240. The van der Waals surface area contributed by atoms with Gasteiger partial charge >= 0.3 is 17.6 Å². The second kappa shape index (κ2) is 15.6. The van der Waals surface area contributed by atoms with E-state index < -0.39 is 39.1 Å². The molecule has 42 heavy (non-hydrogen) atoms. The summed E-state index contributed by atoms with van der Waals surface area (Å²) < 4.78 is 15.6. The molecule has 0 heterocycles. The van der Waals surface area contributed by atoms with Gasteiger partial charge in [-0.1, -0.05) is 13.2 Å². The lowest BCUT2D eigenvalue weighted by atomic mass is 10.2. The minimum absolute atomic E-state index is 0.0153. The molecule has 0 saturated heterocycles. The Morgan fingerprint density at radius 2 is 1.60 bits per heavy atom. The Bertz CT molecular complexity index is 1420. The number of azo groups is 1. The lowest BCUT2D eigenvalue weighted by molar-refractivity contribution is -0.393. The maximum Gasteiger partial charge on any atom is 0.330 e. The third-order valence-electron chi connectivity index (χ3n) is 5.19. The van der Waals surface area contributed by atoms with Gasteiger partial charge in [-0.15, -0.1) is 10.2 Å². The van der Waals surface area contributed by atoms with Crippen molar-refractivity contribution in [2.45, 2.75) is 6.92 Å². The molecule has 1 N–H and O–H groups in total. The van der Waals surface area contributed by atoms with Gasteiger partial charge in [0.25, 0.3) is 5.69 Å². The van der Waals surface area contributed by atoms with Crippen LogP contribution < -0.4 is 15.0 Å². The number of ether oxygens (including phenoxy) is 3. The number of benzene rings is 2. The molecular weight excluding hydrogens is 624 g/mol. The van der Waals surface area contributed by atoms with Crippen LogP contribution in [0.3, 0.4) is 0 Å². The van der Waals surface area contributed by atoms with Crippen molar-refractivity contribution in [1.29, 1.82) is 0 Å². The van der Waals surface area contributed by atoms with E-state index in [4.69, 9.17) is 14.2 Å². The topological polar surface area (TPSA) is 205 Å². The molecule has 2 rings (SSSR count). The molecule has 0 unspecified atom stereocenters. The first-order valence-electron chi connectivity index (χ1n) is 11.8. The third-order valence-corrected chi connectivity index (χ3v) is 5.79. The van der Waals surface area contributed by atoms with E-state index in [1.165, 1.54) is 26.2 Å². The Labute approximate surface area is 247 Å². The standard InChI is InChI=1S/C25H25BrN6O10/c1-5-23(34)41-9-7-30(8-10-42-24(35)6-2)20-13-18(27-15(3)33)19(14-22(20)40-4)28-29-25-17(26)11-16(31(36)37)12-21(25)32(38)39/h5-6,11-14H,1-2,7-10H2,3-4H3,(H,27,33). The van der Waals surface area contributed by atoms with Crippen LogP contribution in [0.4, 0.5) is 34.1 Å². The zero-order valence-electron chi connectivity index (χ0n) is 22.4. The number of non-ortho nitro benzene ring substituents is 1. The molecule has 0 fully saturated rings. The summed E-state index contributed by atoms with van der Waals surface area (Å²) in [5.74, 6) is -1.60. The van der Waals surface area contributed by atoms with Gasteiger partial charge in [0.05, 0.1) is 52.0 Å². The summed E-state index contributed by atoms with van der Waals surface area (Å²) >= 11 is 3.06. The van der Waals surface area contributed by atoms with Crippen LogP contribution in [-0.2, 0) is 23.9 Å². The zero-order chi connectivity index (χ0) is 31.4. The lowest BCUT2D eigenvalue weighted by Crippen LogP contribution is -2.32. The number of anilines is 2. The maximum absolute atomic E-state index is 12.0. The van der Waals surface area contributed by atoms with E-state index in [0.29, 0.717) is 5.69 Å². The quantitative estimate of drug-likeness (QED) is 0.0902. The van der Waals surface area contributed by atoms with Crippen LogP contribution in [0, 0.1) is 20.2 Å². The Kier molecular flexibility index (Phi) is 12.2. The van der Waals surface area contributed by atoms with Crippen LogP contribution in [0.25, 0.3) is 0 Å². The van der Waals surface area contributed by atoms with Gasteiger partial charge in [0, 0.05) is 31.2 Å². The van der Waals surface area contributed by atoms with Crippen molar-refractivity contribution in [3.8, 4) is 5.75 Å². The highest BCUT2D eigenvalue weighted by molar-refractivity contribution is 9.10. The Morgan fingerprint density at radius 3 is 2.07 bits per heavy atom. The van der Waals surface area contributed by atoms with Crippen molar-refractivity contribution < 1.29 is 38.4 Å². The van der Waals surface area contributed by atoms with Gasteiger partial charge in [-0.3, -0.25) is 25.0 Å². The smallest absolute Gasteiger partial charge is 0.330 e. The van der Waals surface area contributed by atoms with Crippen molar-refractivity contribution in [3.05, 3.63) is 74.3 Å². The first-order valence-corrected chi connectivity index (χ1v) is 12.6. The average molecular weight is 649 g/mol. The van der Waals surface area contributed by atoms with Crippen molar-refractivity contribution in [3.63, 3.8) is 0 Å². The van der Waals surface area contributed by atoms with Crippen LogP contribution in [0.5, 0.6) is 5.75 Å². The SMILES string of the molecule is C=CC(=O)OCCN(CCOC(=O)C=C)c1cc(NC(C)=O)c(N=Nc2c(Br)cc([N+](=O)[O-])cc2[N+](=O)[O-])cc1OC. The molecule has 0 aliphatic heterocycles. The minimum atomic E-state index is -0.846. The number of carbonyl (C=O) groups excluding carboxylic acids is 3. The zero-order valence-corrected chi connectivity index (χ0v) is 24.0. The largest absolute Gasteiger partial charge is 0.494 e. The molecule has 0 saturated carbocycles. The predicted molar refractivity (Wildman–Crippen MR) is 153 cm³/mol. The summed E-state index contributed by atoms with van der Waals surface area (Å²) in [5, 5.41) is 33.3. The number of rotatable bonds is 15. The summed E-state index contributed by atoms with van der Waals surface area (Å²) in [6.45, 7) is 7.95. The number of hydrogen-bond acceptors (Lipinski definition) is 13. The number of carbonyl (C=O) groups is 3. The third kappa shape index (κ3) is 9.19. The van der Waals surface area contributed by atoms with E-state index in [1.54, 1.807) is 4.90 Å². The second-order valence-electron chi connectivity index (χ2n) is 7.96. The highest BCUT2D eigenvalue weighted by Gasteiger charge is 2.24. The second-order valence-corrected chi connectivity index (χ2v) is 8.82. The van der Waals surface area contributed by atoms with Crippen LogP contribution in [0.15, 0.2) is 64.3 Å². The van der Waals surface area contributed by atoms with E-state index in [1.807, 2.05) is 0 Å². The first kappa shape index (κ1) is 33.0. The van der Waals surface area contributed by atoms with Crippen LogP contribution in [-0.4, -0.2) is 61.1 Å². The Morgan fingerprint density at radius 1 is 1.00 bits per heavy atom. The van der Waals surface area contributed by atoms with Gasteiger partial charge in [0.2, 0.25) is 5.91 Å². The number of methoxy groups -OCH3 is 1. The van der Waals surface area contributed by atoms with Gasteiger partial charge in [0.15, 0.2) is 5.69 Å². The van der Waals surface area contributed by atoms with Gasteiger partial charge in [0.1, 0.15) is 24.7 Å². The average Bonchev–Trinajstić information content (AvgIpc) is 2.94. The summed E-state index contributed by atoms with van der Waals surface area (Å²) in [6.07, 6.45) is 2.00. The van der Waals surface area contributed by atoms with E-state index in [2.05, 4.69) is 44.6 Å². The fourth-order valence-electron chi connectivity index (χ4n) is 3.34. The van der Waals surface area contributed by atoms with Crippen LogP contribution in [0.2, 0.25) is 0 Å². The number of nitro groups is 2. The molecule has 0 aromatic heterocycles. The maximum atomic E-state index is 12.0. The molecule has 0 spiro atoms. The number of esters is 2. The Hall–Kier alpha value is -5.19. The molecule has 222 valence electrons. The molecular formula is C25H25BrN6O10. The van der Waals surface area contributed by atoms with Crippen molar-refractivity contribution >= 4 is 67.9 Å². The highest BCUT2D eigenvalue weighted by atomic mass is 79.9. The van der Waals surface area contributed by atoms with E-state index in [0.717, 1.165) is 24.3 Å². The highest BCUT2D eigenvalue weighted by Crippen LogP contribution is 2.43. The van der Waals surface area contributed by atoms with Crippen molar-refractivity contribution in [2.75, 3.05) is 43.6 Å². The number of nitro benzene ring substituents is 2. The number of hydrogen-bond donors (Lipinski definition) is 1. The molecule has 16 nitrogen and oxygen atoms in total. The summed E-state index contributed by atoms with van der Waals surface area (Å²) in [5.41, 5.74) is -1.03. The Balaban J connectivity index is 2.60. The van der Waals surface area contributed by atoms with Crippen molar-refractivity contribution in [1.82, 2.24) is 0 Å². The van der Waals surface area contributed by atoms with Crippen molar-refractivity contribution in [2.24, 2.45) is 10.2 Å². The number of halogens is 1. The number of nitrogens with one attached hydrogen (secondary N) is 1. The van der Waals surface area contributed by atoms with Gasteiger partial charge < -0.3 is 24.4 Å². The summed E-state index contributed by atoms with van der Waals surface area (Å²) in [6, 6.07) is 4.63. The summed E-state index contributed by atoms with van der Waals surface area (Å²) in [4.78, 5) is 57.8. The molecule has 1 amide bonds. The van der Waals surface area contributed by atoms with Gasteiger partial charge in [-0.05, 0) is 22.0 Å². The van der Waals surface area contributed by atoms with E-state index in [9.17, 15) is 34.6 Å². The number of amides is 1. The van der Waals surface area contributed by atoms with E-state index in [-0.39, 0.29) is 53.6 Å². The molecule has 2 aromatic rings. The first-order chi connectivity index (χ1) is 19.9. The van der Waals surface area contributed by atoms with Gasteiger partial charge in [-0.2, -0.15) is 0 Å². The molecule has 0 aliphatic rings. The predicted octanol–water partition coefficient (Wildman–Crippen LogP) is 4.91. The monoisotopic (exact) mass is 648 g/mol. The molecule has 0 aliphatic carbocycles. The number of nitrogens with zero attached hydrogens (tertiary/aromatic N) is 5. The lowest BCUT2D eigenvalue weighted by Gasteiger charge is -2.27. The summed E-state index contributed by atoms with van der Waals surface area (Å²) in [7, 11) is 1.35. The molecule has 2 aromatic carbocycles. The molecule has 0 atom stereocenters.